The third-order valence-corrected chi connectivity index (χ3v) is 3.68. The molecule has 0 radical (unpaired) electrons. The van der Waals surface area contributed by atoms with Crippen LogP contribution in [0.1, 0.15) is 19.3 Å². The van der Waals surface area contributed by atoms with E-state index in [2.05, 4.69) is 11.4 Å². The molecular weight excluding hydrogens is 236 g/mol. The van der Waals surface area contributed by atoms with Gasteiger partial charge in [0.05, 0.1) is 0 Å². The molecule has 98 valence electrons. The van der Waals surface area contributed by atoms with Crippen LogP contribution in [0.2, 0.25) is 0 Å². The monoisotopic (exact) mass is 254 g/mol. The lowest BCUT2D eigenvalue weighted by molar-refractivity contribution is -0.116. The van der Waals surface area contributed by atoms with Gasteiger partial charge >= 0.3 is 0 Å². The van der Waals surface area contributed by atoms with E-state index in [1.807, 2.05) is 36.4 Å². The highest BCUT2D eigenvalue weighted by molar-refractivity contribution is 5.94. The molecule has 1 fully saturated rings. The molecule has 1 aliphatic rings. The van der Waals surface area contributed by atoms with Crippen LogP contribution in [0.3, 0.4) is 0 Å². The quantitative estimate of drug-likeness (QED) is 0.881. The van der Waals surface area contributed by atoms with Crippen molar-refractivity contribution in [2.45, 2.75) is 25.3 Å². The minimum absolute atomic E-state index is 0.00896. The summed E-state index contributed by atoms with van der Waals surface area (Å²) in [5.74, 6) is 0.567. The normalized spacial score (nSPS) is 16.3. The SMILES string of the molecule is NC(CC(=O)Nc1ccc2ccccc2c1)C1CC1. The fourth-order valence-corrected chi connectivity index (χ4v) is 2.38. The van der Waals surface area contributed by atoms with Crippen molar-refractivity contribution in [2.75, 3.05) is 5.32 Å². The second-order valence-electron chi connectivity index (χ2n) is 5.32. The molecule has 2 aromatic carbocycles. The summed E-state index contributed by atoms with van der Waals surface area (Å²) in [6, 6.07) is 14.1. The fourth-order valence-electron chi connectivity index (χ4n) is 2.38. The average molecular weight is 254 g/mol. The lowest BCUT2D eigenvalue weighted by Crippen LogP contribution is -2.28. The van der Waals surface area contributed by atoms with Gasteiger partial charge in [-0.25, -0.2) is 0 Å². The summed E-state index contributed by atoms with van der Waals surface area (Å²) in [7, 11) is 0. The largest absolute Gasteiger partial charge is 0.327 e. The molecule has 0 saturated heterocycles. The Morgan fingerprint density at radius 2 is 1.95 bits per heavy atom. The number of hydrogen-bond donors (Lipinski definition) is 2. The molecule has 1 aliphatic carbocycles. The van der Waals surface area contributed by atoms with Crippen molar-refractivity contribution >= 4 is 22.4 Å². The molecule has 3 N–H and O–H groups in total. The maximum Gasteiger partial charge on any atom is 0.225 e. The van der Waals surface area contributed by atoms with Crippen molar-refractivity contribution in [3.8, 4) is 0 Å². The number of benzene rings is 2. The molecule has 1 atom stereocenters. The second kappa shape index (κ2) is 5.02. The summed E-state index contributed by atoms with van der Waals surface area (Å²) in [6.07, 6.45) is 2.76. The Bertz CT molecular complexity index is 604. The number of nitrogens with two attached hydrogens (primary N) is 1. The molecule has 1 saturated carbocycles. The van der Waals surface area contributed by atoms with Crippen molar-refractivity contribution in [3.63, 3.8) is 0 Å². The molecule has 19 heavy (non-hydrogen) atoms. The van der Waals surface area contributed by atoms with E-state index in [1.54, 1.807) is 0 Å². The van der Waals surface area contributed by atoms with Gasteiger partial charge in [0.1, 0.15) is 0 Å². The summed E-state index contributed by atoms with van der Waals surface area (Å²) in [4.78, 5) is 11.9. The van der Waals surface area contributed by atoms with Crippen LogP contribution in [0.15, 0.2) is 42.5 Å². The number of fused-ring (bicyclic) bond motifs is 1. The zero-order valence-corrected chi connectivity index (χ0v) is 10.8. The molecule has 3 heteroatoms. The third-order valence-electron chi connectivity index (χ3n) is 3.68. The number of anilines is 1. The maximum atomic E-state index is 11.9. The minimum Gasteiger partial charge on any atom is -0.327 e. The van der Waals surface area contributed by atoms with Crippen molar-refractivity contribution < 1.29 is 4.79 Å². The Morgan fingerprint density at radius 1 is 1.21 bits per heavy atom. The number of nitrogens with one attached hydrogen (secondary N) is 1. The van der Waals surface area contributed by atoms with E-state index in [9.17, 15) is 4.79 Å². The molecule has 0 aromatic heterocycles. The zero-order chi connectivity index (χ0) is 13.2. The maximum absolute atomic E-state index is 11.9. The van der Waals surface area contributed by atoms with E-state index in [0.717, 1.165) is 11.1 Å². The Kier molecular flexibility index (Phi) is 3.22. The highest BCUT2D eigenvalue weighted by Crippen LogP contribution is 2.32. The second-order valence-corrected chi connectivity index (χ2v) is 5.32. The Labute approximate surface area is 112 Å². The first-order chi connectivity index (χ1) is 9.22. The Morgan fingerprint density at radius 3 is 2.68 bits per heavy atom. The highest BCUT2D eigenvalue weighted by Gasteiger charge is 2.29. The molecule has 0 heterocycles. The lowest BCUT2D eigenvalue weighted by Gasteiger charge is -2.11. The van der Waals surface area contributed by atoms with Gasteiger partial charge in [-0.15, -0.1) is 0 Å². The number of amides is 1. The van der Waals surface area contributed by atoms with E-state index in [0.29, 0.717) is 12.3 Å². The van der Waals surface area contributed by atoms with Crippen molar-refractivity contribution in [1.29, 1.82) is 0 Å². The zero-order valence-electron chi connectivity index (χ0n) is 10.8. The molecule has 2 aromatic rings. The molecule has 0 spiro atoms. The van der Waals surface area contributed by atoms with Gasteiger partial charge in [0.25, 0.3) is 0 Å². The van der Waals surface area contributed by atoms with E-state index < -0.39 is 0 Å². The minimum atomic E-state index is 0.00896. The third kappa shape index (κ3) is 2.93. The van der Waals surface area contributed by atoms with Crippen LogP contribution in [-0.4, -0.2) is 11.9 Å². The summed E-state index contributed by atoms with van der Waals surface area (Å²) >= 11 is 0. The summed E-state index contributed by atoms with van der Waals surface area (Å²) < 4.78 is 0. The van der Waals surface area contributed by atoms with E-state index in [4.69, 9.17) is 5.73 Å². The summed E-state index contributed by atoms with van der Waals surface area (Å²) in [6.45, 7) is 0. The Hall–Kier alpha value is -1.87. The van der Waals surface area contributed by atoms with E-state index in [1.165, 1.54) is 18.2 Å². The molecule has 0 bridgehead atoms. The smallest absolute Gasteiger partial charge is 0.225 e. The summed E-state index contributed by atoms with van der Waals surface area (Å²) in [5, 5.41) is 5.24. The van der Waals surface area contributed by atoms with Crippen LogP contribution < -0.4 is 11.1 Å². The molecule has 1 amide bonds. The number of carbonyl (C=O) groups is 1. The Balaban J connectivity index is 1.68. The van der Waals surface area contributed by atoms with Crippen LogP contribution in [0.4, 0.5) is 5.69 Å². The number of rotatable bonds is 4. The van der Waals surface area contributed by atoms with Gasteiger partial charge in [0.15, 0.2) is 0 Å². The van der Waals surface area contributed by atoms with Gasteiger partial charge in [-0.3, -0.25) is 4.79 Å². The topological polar surface area (TPSA) is 55.1 Å². The first kappa shape index (κ1) is 12.2. The van der Waals surface area contributed by atoms with E-state index in [-0.39, 0.29) is 11.9 Å². The van der Waals surface area contributed by atoms with E-state index >= 15 is 0 Å². The number of hydrogen-bond acceptors (Lipinski definition) is 2. The van der Waals surface area contributed by atoms with Gasteiger partial charge in [-0.2, -0.15) is 0 Å². The van der Waals surface area contributed by atoms with Gasteiger partial charge in [0, 0.05) is 18.2 Å². The molecule has 1 unspecified atom stereocenters. The fraction of sp³-hybridized carbons (Fsp3) is 0.312. The predicted octanol–water partition coefficient (Wildman–Crippen LogP) is 2.91. The van der Waals surface area contributed by atoms with Crippen molar-refractivity contribution in [3.05, 3.63) is 42.5 Å². The number of carbonyl (C=O) groups excluding carboxylic acids is 1. The van der Waals surface area contributed by atoms with Crippen molar-refractivity contribution in [2.24, 2.45) is 11.7 Å². The van der Waals surface area contributed by atoms with Crippen LogP contribution >= 0.6 is 0 Å². The predicted molar refractivity (Wildman–Crippen MR) is 77.9 cm³/mol. The van der Waals surface area contributed by atoms with Gasteiger partial charge in [-0.05, 0) is 41.7 Å². The van der Waals surface area contributed by atoms with Crippen molar-refractivity contribution in [1.82, 2.24) is 0 Å². The van der Waals surface area contributed by atoms with Gasteiger partial charge in [0.2, 0.25) is 5.91 Å². The lowest BCUT2D eigenvalue weighted by atomic mass is 10.1. The molecule has 3 rings (SSSR count). The summed E-state index contributed by atoms with van der Waals surface area (Å²) in [5.41, 5.74) is 6.80. The first-order valence-corrected chi connectivity index (χ1v) is 6.76. The van der Waals surface area contributed by atoms with Crippen LogP contribution in [0.25, 0.3) is 10.8 Å². The standard InChI is InChI=1S/C16H18N2O/c17-15(12-5-6-12)10-16(19)18-14-8-7-11-3-1-2-4-13(11)9-14/h1-4,7-9,12,15H,5-6,10,17H2,(H,18,19). The van der Waals surface area contributed by atoms with Crippen LogP contribution in [0, 0.1) is 5.92 Å². The highest BCUT2D eigenvalue weighted by atomic mass is 16.1. The molecular formula is C16H18N2O. The molecule has 3 nitrogen and oxygen atoms in total. The first-order valence-electron chi connectivity index (χ1n) is 6.76. The average Bonchev–Trinajstić information content (AvgIpc) is 3.22. The van der Waals surface area contributed by atoms with Gasteiger partial charge in [-0.1, -0.05) is 30.3 Å². The van der Waals surface area contributed by atoms with Gasteiger partial charge < -0.3 is 11.1 Å². The van der Waals surface area contributed by atoms with Crippen LogP contribution in [-0.2, 0) is 4.79 Å². The van der Waals surface area contributed by atoms with Crippen LogP contribution in [0.5, 0.6) is 0 Å². The molecule has 0 aliphatic heterocycles.